The number of rotatable bonds is 8. The molecule has 23 heavy (non-hydrogen) atoms. The quantitative estimate of drug-likeness (QED) is 0.739. The monoisotopic (exact) mass is 321 g/mol. The Balaban J connectivity index is 1.74. The number of hydrogen-bond donors (Lipinski definition) is 2. The van der Waals surface area contributed by atoms with E-state index in [0.717, 1.165) is 44.2 Å². The molecule has 0 saturated carbocycles. The summed E-state index contributed by atoms with van der Waals surface area (Å²) in [5.74, 6) is 0.705. The Kier molecular flexibility index (Phi) is 7.32. The molecular formula is C17H27N3O3. The topological polar surface area (TPSA) is 76.8 Å². The zero-order valence-corrected chi connectivity index (χ0v) is 13.8. The van der Waals surface area contributed by atoms with E-state index in [1.165, 1.54) is 0 Å². The van der Waals surface area contributed by atoms with Crippen LogP contribution in [-0.2, 0) is 16.1 Å². The molecule has 0 bridgehead atoms. The average Bonchev–Trinajstić information content (AvgIpc) is 2.60. The number of nitrogens with zero attached hydrogens (tertiary/aromatic N) is 1. The summed E-state index contributed by atoms with van der Waals surface area (Å²) in [5.41, 5.74) is 6.70. The van der Waals surface area contributed by atoms with Crippen molar-refractivity contribution in [3.63, 3.8) is 0 Å². The van der Waals surface area contributed by atoms with Crippen molar-refractivity contribution in [1.29, 1.82) is 0 Å². The predicted molar refractivity (Wildman–Crippen MR) is 89.3 cm³/mol. The minimum Gasteiger partial charge on any atom is -0.492 e. The molecule has 1 aliphatic heterocycles. The molecule has 1 aromatic rings. The number of carbonyl (C=O) groups excluding carboxylic acids is 1. The van der Waals surface area contributed by atoms with Crippen LogP contribution in [0.4, 0.5) is 0 Å². The van der Waals surface area contributed by atoms with Crippen LogP contribution < -0.4 is 15.8 Å². The van der Waals surface area contributed by atoms with Crippen LogP contribution in [0, 0.1) is 0 Å². The zero-order valence-electron chi connectivity index (χ0n) is 13.8. The normalized spacial score (nSPS) is 16.8. The molecule has 0 radical (unpaired) electrons. The molecule has 3 N–H and O–H groups in total. The van der Waals surface area contributed by atoms with Gasteiger partial charge in [0.2, 0.25) is 5.91 Å². The smallest absolute Gasteiger partial charge is 0.237 e. The SMILES string of the molecule is CC[C@H](N)C(=O)NCc1cccc(OCCN2CCOCC2)c1. The first kappa shape index (κ1) is 17.7. The summed E-state index contributed by atoms with van der Waals surface area (Å²) in [6.07, 6.45) is 0.635. The maximum Gasteiger partial charge on any atom is 0.237 e. The Bertz CT molecular complexity index is 490. The lowest BCUT2D eigenvalue weighted by Gasteiger charge is -2.26. The Hall–Kier alpha value is -1.63. The highest BCUT2D eigenvalue weighted by molar-refractivity contribution is 5.81. The van der Waals surface area contributed by atoms with Crippen LogP contribution in [0.3, 0.4) is 0 Å². The average molecular weight is 321 g/mol. The Labute approximate surface area is 137 Å². The van der Waals surface area contributed by atoms with E-state index in [-0.39, 0.29) is 5.91 Å². The summed E-state index contributed by atoms with van der Waals surface area (Å²) in [5, 5.41) is 2.84. The predicted octanol–water partition coefficient (Wildman–Crippen LogP) is 0.751. The molecule has 1 fully saturated rings. The van der Waals surface area contributed by atoms with Crippen molar-refractivity contribution in [3.05, 3.63) is 29.8 Å². The van der Waals surface area contributed by atoms with E-state index in [1.807, 2.05) is 31.2 Å². The number of hydrogen-bond acceptors (Lipinski definition) is 5. The van der Waals surface area contributed by atoms with Crippen molar-refractivity contribution in [2.24, 2.45) is 5.73 Å². The fourth-order valence-electron chi connectivity index (χ4n) is 2.37. The van der Waals surface area contributed by atoms with Gasteiger partial charge in [0.1, 0.15) is 12.4 Å². The van der Waals surface area contributed by atoms with Gasteiger partial charge in [-0.2, -0.15) is 0 Å². The fourth-order valence-corrected chi connectivity index (χ4v) is 2.37. The van der Waals surface area contributed by atoms with Gasteiger partial charge in [0.25, 0.3) is 0 Å². The molecule has 6 heteroatoms. The number of morpholine rings is 1. The highest BCUT2D eigenvalue weighted by Gasteiger charge is 2.11. The van der Waals surface area contributed by atoms with Gasteiger partial charge in [-0.25, -0.2) is 0 Å². The van der Waals surface area contributed by atoms with E-state index in [0.29, 0.717) is 19.6 Å². The van der Waals surface area contributed by atoms with E-state index in [9.17, 15) is 4.79 Å². The Morgan fingerprint density at radius 3 is 2.96 bits per heavy atom. The molecular weight excluding hydrogens is 294 g/mol. The van der Waals surface area contributed by atoms with E-state index >= 15 is 0 Å². The first-order valence-electron chi connectivity index (χ1n) is 8.24. The molecule has 1 aliphatic rings. The highest BCUT2D eigenvalue weighted by Crippen LogP contribution is 2.13. The van der Waals surface area contributed by atoms with Crippen molar-refractivity contribution in [1.82, 2.24) is 10.2 Å². The van der Waals surface area contributed by atoms with Gasteiger partial charge in [-0.1, -0.05) is 19.1 Å². The van der Waals surface area contributed by atoms with Gasteiger partial charge in [-0.05, 0) is 24.1 Å². The second kappa shape index (κ2) is 9.50. The van der Waals surface area contributed by atoms with Gasteiger partial charge in [-0.15, -0.1) is 0 Å². The summed E-state index contributed by atoms with van der Waals surface area (Å²) in [4.78, 5) is 14.0. The minimum atomic E-state index is -0.442. The van der Waals surface area contributed by atoms with Gasteiger partial charge in [0, 0.05) is 26.2 Å². The molecule has 0 unspecified atom stereocenters. The fraction of sp³-hybridized carbons (Fsp3) is 0.588. The van der Waals surface area contributed by atoms with Gasteiger partial charge in [-0.3, -0.25) is 9.69 Å². The summed E-state index contributed by atoms with van der Waals surface area (Å²) in [6.45, 7) is 7.44. The lowest BCUT2D eigenvalue weighted by molar-refractivity contribution is -0.122. The lowest BCUT2D eigenvalue weighted by Crippen LogP contribution is -2.39. The molecule has 1 amide bonds. The Morgan fingerprint density at radius 2 is 2.22 bits per heavy atom. The molecule has 0 aliphatic carbocycles. The van der Waals surface area contributed by atoms with Crippen molar-refractivity contribution < 1.29 is 14.3 Å². The van der Waals surface area contributed by atoms with Gasteiger partial charge >= 0.3 is 0 Å². The lowest BCUT2D eigenvalue weighted by atomic mass is 10.2. The van der Waals surface area contributed by atoms with Crippen molar-refractivity contribution >= 4 is 5.91 Å². The van der Waals surface area contributed by atoms with Crippen molar-refractivity contribution in [3.8, 4) is 5.75 Å². The maximum absolute atomic E-state index is 11.7. The van der Waals surface area contributed by atoms with Gasteiger partial charge in [0.15, 0.2) is 0 Å². The number of benzene rings is 1. The van der Waals surface area contributed by atoms with Gasteiger partial charge < -0.3 is 20.5 Å². The van der Waals surface area contributed by atoms with Crippen LogP contribution in [0.5, 0.6) is 5.75 Å². The molecule has 128 valence electrons. The number of nitrogens with two attached hydrogens (primary N) is 1. The van der Waals surface area contributed by atoms with Crippen LogP contribution in [-0.4, -0.2) is 56.3 Å². The van der Waals surface area contributed by atoms with Crippen LogP contribution in [0.1, 0.15) is 18.9 Å². The Morgan fingerprint density at radius 1 is 1.43 bits per heavy atom. The van der Waals surface area contributed by atoms with Crippen molar-refractivity contribution in [2.45, 2.75) is 25.9 Å². The number of carbonyl (C=O) groups is 1. The van der Waals surface area contributed by atoms with E-state index in [2.05, 4.69) is 10.2 Å². The molecule has 1 aromatic carbocycles. The first-order chi connectivity index (χ1) is 11.2. The molecule has 2 rings (SSSR count). The van der Waals surface area contributed by atoms with Crippen LogP contribution in [0.15, 0.2) is 24.3 Å². The summed E-state index contributed by atoms with van der Waals surface area (Å²) in [7, 11) is 0. The van der Waals surface area contributed by atoms with Crippen LogP contribution in [0.25, 0.3) is 0 Å². The summed E-state index contributed by atoms with van der Waals surface area (Å²) >= 11 is 0. The summed E-state index contributed by atoms with van der Waals surface area (Å²) < 4.78 is 11.1. The zero-order chi connectivity index (χ0) is 16.5. The maximum atomic E-state index is 11.7. The standard InChI is InChI=1S/C17H27N3O3/c1-2-16(18)17(21)19-13-14-4-3-5-15(12-14)23-11-8-20-6-9-22-10-7-20/h3-5,12,16H,2,6-11,13,18H2,1H3,(H,19,21)/t16-/m0/s1. The largest absolute Gasteiger partial charge is 0.492 e. The number of ether oxygens (including phenoxy) is 2. The molecule has 0 aromatic heterocycles. The van der Waals surface area contributed by atoms with Crippen LogP contribution in [0.2, 0.25) is 0 Å². The van der Waals surface area contributed by atoms with E-state index in [1.54, 1.807) is 0 Å². The first-order valence-corrected chi connectivity index (χ1v) is 8.24. The van der Waals surface area contributed by atoms with Crippen LogP contribution >= 0.6 is 0 Å². The minimum absolute atomic E-state index is 0.119. The second-order valence-electron chi connectivity index (χ2n) is 5.68. The third-order valence-electron chi connectivity index (χ3n) is 3.92. The molecule has 1 saturated heterocycles. The van der Waals surface area contributed by atoms with E-state index < -0.39 is 6.04 Å². The van der Waals surface area contributed by atoms with Crippen molar-refractivity contribution in [2.75, 3.05) is 39.5 Å². The van der Waals surface area contributed by atoms with E-state index in [4.69, 9.17) is 15.2 Å². The second-order valence-corrected chi connectivity index (χ2v) is 5.68. The number of nitrogens with one attached hydrogen (secondary N) is 1. The molecule has 1 atom stereocenters. The highest BCUT2D eigenvalue weighted by atomic mass is 16.5. The molecule has 0 spiro atoms. The number of amides is 1. The van der Waals surface area contributed by atoms with Gasteiger partial charge in [0.05, 0.1) is 19.3 Å². The summed E-state index contributed by atoms with van der Waals surface area (Å²) in [6, 6.07) is 7.35. The third-order valence-corrected chi connectivity index (χ3v) is 3.92. The molecule has 6 nitrogen and oxygen atoms in total. The third kappa shape index (κ3) is 6.17. The molecule has 1 heterocycles.